The molecule has 0 saturated carbocycles. The molecule has 0 aliphatic carbocycles. The highest BCUT2D eigenvalue weighted by Gasteiger charge is 2.14. The molecule has 1 saturated heterocycles. The quantitative estimate of drug-likeness (QED) is 0.722. The monoisotopic (exact) mass is 248 g/mol. The molecule has 0 spiro atoms. The molecule has 18 heavy (non-hydrogen) atoms. The number of nitrogens with one attached hydrogen (secondary N) is 2. The second-order valence-corrected chi connectivity index (χ2v) is 5.31. The summed E-state index contributed by atoms with van der Waals surface area (Å²) in [6.07, 6.45) is 4.82. The Morgan fingerprint density at radius 2 is 2.17 bits per heavy atom. The van der Waals surface area contributed by atoms with E-state index in [-0.39, 0.29) is 0 Å². The first kappa shape index (κ1) is 13.4. The van der Waals surface area contributed by atoms with E-state index >= 15 is 0 Å². The van der Waals surface area contributed by atoms with Crippen molar-refractivity contribution in [2.75, 3.05) is 13.1 Å². The van der Waals surface area contributed by atoms with Crippen LogP contribution in [0.3, 0.4) is 0 Å². The van der Waals surface area contributed by atoms with Gasteiger partial charge in [0.05, 0.1) is 0 Å². The van der Waals surface area contributed by atoms with Crippen LogP contribution in [0.4, 0.5) is 0 Å². The van der Waals surface area contributed by atoms with Gasteiger partial charge in [-0.25, -0.2) is 0 Å². The Labute approximate surface area is 110 Å². The smallest absolute Gasteiger partial charge is 0.115 e. The molecule has 1 heterocycles. The van der Waals surface area contributed by atoms with Crippen LogP contribution in [0.15, 0.2) is 24.3 Å². The second kappa shape index (κ2) is 6.76. The van der Waals surface area contributed by atoms with Crippen molar-refractivity contribution in [2.45, 2.75) is 44.7 Å². The number of aromatic hydroxyl groups is 1. The van der Waals surface area contributed by atoms with Gasteiger partial charge in [0.1, 0.15) is 5.75 Å². The lowest BCUT2D eigenvalue weighted by Crippen LogP contribution is -2.38. The van der Waals surface area contributed by atoms with E-state index in [1.807, 2.05) is 12.1 Å². The summed E-state index contributed by atoms with van der Waals surface area (Å²) in [7, 11) is 0. The molecule has 0 bridgehead atoms. The van der Waals surface area contributed by atoms with Gasteiger partial charge in [0, 0.05) is 18.6 Å². The summed E-state index contributed by atoms with van der Waals surface area (Å²) in [6, 6.07) is 8.73. The number of rotatable bonds is 6. The number of hydrogen-bond acceptors (Lipinski definition) is 3. The van der Waals surface area contributed by atoms with Crippen LogP contribution in [-0.4, -0.2) is 30.3 Å². The van der Waals surface area contributed by atoms with Crippen LogP contribution in [0.1, 0.15) is 31.7 Å². The number of phenolic OH excluding ortho intramolecular Hbond substituents is 1. The van der Waals surface area contributed by atoms with Gasteiger partial charge >= 0.3 is 0 Å². The lowest BCUT2D eigenvalue weighted by Gasteiger charge is -2.17. The van der Waals surface area contributed by atoms with Crippen molar-refractivity contribution >= 4 is 0 Å². The molecule has 1 fully saturated rings. The predicted octanol–water partition coefficient (Wildman–Crippen LogP) is 2.05. The van der Waals surface area contributed by atoms with Crippen molar-refractivity contribution in [1.82, 2.24) is 10.6 Å². The van der Waals surface area contributed by atoms with Gasteiger partial charge in [-0.1, -0.05) is 12.1 Å². The molecule has 0 radical (unpaired) electrons. The Morgan fingerprint density at radius 1 is 1.39 bits per heavy atom. The molecule has 3 N–H and O–H groups in total. The molecule has 2 atom stereocenters. The van der Waals surface area contributed by atoms with Crippen molar-refractivity contribution in [3.63, 3.8) is 0 Å². The molecule has 0 aromatic heterocycles. The van der Waals surface area contributed by atoms with E-state index in [1.165, 1.54) is 24.9 Å². The Kier molecular flexibility index (Phi) is 5.02. The lowest BCUT2D eigenvalue weighted by molar-refractivity contribution is 0.461. The predicted molar refractivity (Wildman–Crippen MR) is 74.9 cm³/mol. The largest absolute Gasteiger partial charge is 0.508 e. The summed E-state index contributed by atoms with van der Waals surface area (Å²) < 4.78 is 0. The minimum atomic E-state index is 0.345. The van der Waals surface area contributed by atoms with Crippen molar-refractivity contribution in [3.8, 4) is 5.75 Å². The van der Waals surface area contributed by atoms with Gasteiger partial charge in [-0.2, -0.15) is 0 Å². The molecule has 0 amide bonds. The van der Waals surface area contributed by atoms with Crippen LogP contribution >= 0.6 is 0 Å². The zero-order valence-electron chi connectivity index (χ0n) is 11.2. The Balaban J connectivity index is 1.64. The fourth-order valence-electron chi connectivity index (χ4n) is 2.42. The van der Waals surface area contributed by atoms with Crippen LogP contribution in [0.5, 0.6) is 5.75 Å². The highest BCUT2D eigenvalue weighted by atomic mass is 16.3. The minimum Gasteiger partial charge on any atom is -0.508 e. The van der Waals surface area contributed by atoms with Crippen LogP contribution in [0.25, 0.3) is 0 Å². The first-order valence-corrected chi connectivity index (χ1v) is 6.99. The van der Waals surface area contributed by atoms with Gasteiger partial charge in [0.25, 0.3) is 0 Å². The van der Waals surface area contributed by atoms with Gasteiger partial charge < -0.3 is 15.7 Å². The molecule has 3 heteroatoms. The van der Waals surface area contributed by atoms with E-state index in [4.69, 9.17) is 0 Å². The Hall–Kier alpha value is -1.06. The fourth-order valence-corrected chi connectivity index (χ4v) is 2.42. The topological polar surface area (TPSA) is 44.3 Å². The maximum atomic E-state index is 9.22. The number of hydrogen-bond donors (Lipinski definition) is 3. The lowest BCUT2D eigenvalue weighted by atomic mass is 10.1. The molecule has 2 rings (SSSR count). The number of aryl methyl sites for hydroxylation is 1. The summed E-state index contributed by atoms with van der Waals surface area (Å²) >= 11 is 0. The van der Waals surface area contributed by atoms with E-state index in [9.17, 15) is 5.11 Å². The van der Waals surface area contributed by atoms with E-state index in [0.717, 1.165) is 19.4 Å². The van der Waals surface area contributed by atoms with Crippen molar-refractivity contribution < 1.29 is 5.11 Å². The molecule has 100 valence electrons. The third-order valence-corrected chi connectivity index (χ3v) is 3.68. The van der Waals surface area contributed by atoms with Crippen molar-refractivity contribution in [3.05, 3.63) is 29.8 Å². The zero-order valence-corrected chi connectivity index (χ0v) is 11.2. The first-order chi connectivity index (χ1) is 8.74. The van der Waals surface area contributed by atoms with Gasteiger partial charge in [-0.05, 0) is 56.8 Å². The summed E-state index contributed by atoms with van der Waals surface area (Å²) in [5.74, 6) is 0.345. The van der Waals surface area contributed by atoms with Crippen molar-refractivity contribution in [1.29, 1.82) is 0 Å². The van der Waals surface area contributed by atoms with E-state index in [1.54, 1.807) is 12.1 Å². The first-order valence-electron chi connectivity index (χ1n) is 6.99. The Bertz CT molecular complexity index is 344. The second-order valence-electron chi connectivity index (χ2n) is 5.31. The molecule has 1 aliphatic heterocycles. The number of benzene rings is 1. The standard InChI is InChI=1S/C15H24N2O/c1-12(17-11-14-3-2-10-16-14)4-5-13-6-8-15(18)9-7-13/h6-9,12,14,16-18H,2-5,10-11H2,1H3. The van der Waals surface area contributed by atoms with E-state index < -0.39 is 0 Å². The van der Waals surface area contributed by atoms with Crippen LogP contribution in [0, 0.1) is 0 Å². The SMILES string of the molecule is CC(CCc1ccc(O)cc1)NCC1CCCN1. The van der Waals surface area contributed by atoms with E-state index in [0.29, 0.717) is 17.8 Å². The van der Waals surface area contributed by atoms with Crippen LogP contribution in [0.2, 0.25) is 0 Å². The van der Waals surface area contributed by atoms with Gasteiger partial charge in [-0.3, -0.25) is 0 Å². The normalized spacial score (nSPS) is 21.1. The van der Waals surface area contributed by atoms with Crippen LogP contribution in [-0.2, 0) is 6.42 Å². The third kappa shape index (κ3) is 4.31. The highest BCUT2D eigenvalue weighted by Crippen LogP contribution is 2.12. The summed E-state index contributed by atoms with van der Waals surface area (Å²) in [6.45, 7) is 4.50. The molecule has 1 aliphatic rings. The number of phenols is 1. The fraction of sp³-hybridized carbons (Fsp3) is 0.600. The maximum Gasteiger partial charge on any atom is 0.115 e. The molecular formula is C15H24N2O. The summed E-state index contributed by atoms with van der Waals surface area (Å²) in [4.78, 5) is 0. The summed E-state index contributed by atoms with van der Waals surface area (Å²) in [5, 5.41) is 16.3. The average molecular weight is 248 g/mol. The Morgan fingerprint density at radius 3 is 2.83 bits per heavy atom. The van der Waals surface area contributed by atoms with Crippen molar-refractivity contribution in [2.24, 2.45) is 0 Å². The minimum absolute atomic E-state index is 0.345. The average Bonchev–Trinajstić information content (AvgIpc) is 2.89. The molecule has 1 aromatic rings. The highest BCUT2D eigenvalue weighted by molar-refractivity contribution is 5.25. The molecule has 2 unspecified atom stereocenters. The third-order valence-electron chi connectivity index (χ3n) is 3.68. The van der Waals surface area contributed by atoms with Gasteiger partial charge in [0.2, 0.25) is 0 Å². The van der Waals surface area contributed by atoms with E-state index in [2.05, 4.69) is 17.6 Å². The van der Waals surface area contributed by atoms with Gasteiger partial charge in [-0.15, -0.1) is 0 Å². The summed E-state index contributed by atoms with van der Waals surface area (Å²) in [5.41, 5.74) is 1.29. The zero-order chi connectivity index (χ0) is 12.8. The maximum absolute atomic E-state index is 9.22. The van der Waals surface area contributed by atoms with Gasteiger partial charge in [0.15, 0.2) is 0 Å². The van der Waals surface area contributed by atoms with Crippen LogP contribution < -0.4 is 10.6 Å². The molecular weight excluding hydrogens is 224 g/mol. The molecule has 1 aromatic carbocycles. The molecule has 3 nitrogen and oxygen atoms in total.